The van der Waals surface area contributed by atoms with Gasteiger partial charge in [0.1, 0.15) is 11.2 Å². The van der Waals surface area contributed by atoms with Crippen LogP contribution in [0.1, 0.15) is 21.6 Å². The summed E-state index contributed by atoms with van der Waals surface area (Å²) in [5.41, 5.74) is 5.74. The summed E-state index contributed by atoms with van der Waals surface area (Å²) in [6.45, 7) is 8.48. The number of fused-ring (bicyclic) bond motifs is 3. The van der Waals surface area contributed by atoms with Gasteiger partial charge < -0.3 is 0 Å². The molecule has 0 amide bonds. The van der Waals surface area contributed by atoms with Crippen LogP contribution in [0.3, 0.4) is 0 Å². The lowest BCUT2D eigenvalue weighted by atomic mass is 10.1. The number of benzene rings is 1. The van der Waals surface area contributed by atoms with Crippen molar-refractivity contribution in [3.8, 4) is 11.4 Å². The molecule has 3 heterocycles. The molecule has 0 radical (unpaired) electrons. The van der Waals surface area contributed by atoms with Crippen LogP contribution in [0.25, 0.3) is 27.3 Å². The first-order valence-corrected chi connectivity index (χ1v) is 8.05. The van der Waals surface area contributed by atoms with Gasteiger partial charge in [-0.1, -0.05) is 12.1 Å². The number of thiophene rings is 1. The molecule has 0 atom stereocenters. The van der Waals surface area contributed by atoms with Crippen LogP contribution >= 0.6 is 11.3 Å². The highest BCUT2D eigenvalue weighted by atomic mass is 32.1. The molecule has 0 spiro atoms. The Morgan fingerprint density at radius 3 is 2.59 bits per heavy atom. The van der Waals surface area contributed by atoms with E-state index in [0.29, 0.717) is 0 Å². The molecule has 4 rings (SSSR count). The van der Waals surface area contributed by atoms with E-state index < -0.39 is 0 Å². The zero-order chi connectivity index (χ0) is 15.4. The van der Waals surface area contributed by atoms with Crippen molar-refractivity contribution in [2.45, 2.75) is 27.7 Å². The van der Waals surface area contributed by atoms with Gasteiger partial charge in [-0.2, -0.15) is 0 Å². The van der Waals surface area contributed by atoms with Gasteiger partial charge in [0.05, 0.1) is 5.39 Å². The molecular weight excluding hydrogens is 292 g/mol. The molecule has 4 aromatic rings. The molecule has 0 bridgehead atoms. The lowest BCUT2D eigenvalue weighted by Crippen LogP contribution is -1.93. The smallest absolute Gasteiger partial charge is 0.172 e. The minimum absolute atomic E-state index is 0.843. The first kappa shape index (κ1) is 13.4. The number of rotatable bonds is 1. The standard InChI is InChI=1S/C17H16N4S/c1-9-5-6-13(7-10(9)2)15-19-20-16-14-11(3)12(4)22-17(14)18-8-21(15)16/h5-8H,1-4H3. The predicted molar refractivity (Wildman–Crippen MR) is 90.5 cm³/mol. The third-order valence-electron chi connectivity index (χ3n) is 4.34. The van der Waals surface area contributed by atoms with Crippen molar-refractivity contribution in [3.63, 3.8) is 0 Å². The van der Waals surface area contributed by atoms with Crippen molar-refractivity contribution >= 4 is 27.2 Å². The van der Waals surface area contributed by atoms with Gasteiger partial charge in [-0.3, -0.25) is 4.40 Å². The monoisotopic (exact) mass is 308 g/mol. The first-order chi connectivity index (χ1) is 10.6. The second kappa shape index (κ2) is 4.61. The molecule has 0 N–H and O–H groups in total. The van der Waals surface area contributed by atoms with Crippen LogP contribution in [-0.4, -0.2) is 19.6 Å². The topological polar surface area (TPSA) is 43.1 Å². The summed E-state index contributed by atoms with van der Waals surface area (Å²) in [5.74, 6) is 0.843. The minimum Gasteiger partial charge on any atom is -0.265 e. The Kier molecular flexibility index (Phi) is 2.81. The molecular formula is C17H16N4S. The molecule has 4 nitrogen and oxygen atoms in total. The van der Waals surface area contributed by atoms with Gasteiger partial charge in [0.25, 0.3) is 0 Å². The zero-order valence-corrected chi connectivity index (χ0v) is 13.8. The summed E-state index contributed by atoms with van der Waals surface area (Å²) in [6, 6.07) is 6.37. The van der Waals surface area contributed by atoms with E-state index in [1.807, 2.05) is 10.7 Å². The molecule has 0 aliphatic heterocycles. The van der Waals surface area contributed by atoms with Gasteiger partial charge >= 0.3 is 0 Å². The third-order valence-corrected chi connectivity index (χ3v) is 5.46. The van der Waals surface area contributed by atoms with Gasteiger partial charge in [-0.15, -0.1) is 21.5 Å². The normalized spacial score (nSPS) is 11.6. The summed E-state index contributed by atoms with van der Waals surface area (Å²) in [7, 11) is 0. The SMILES string of the molecule is Cc1ccc(-c2nnc3c4c(C)c(C)sc4ncn23)cc1C. The molecule has 110 valence electrons. The highest BCUT2D eigenvalue weighted by Gasteiger charge is 2.16. The summed E-state index contributed by atoms with van der Waals surface area (Å²) >= 11 is 1.71. The van der Waals surface area contributed by atoms with E-state index in [9.17, 15) is 0 Å². The fourth-order valence-corrected chi connectivity index (χ4v) is 3.71. The molecule has 0 aliphatic carbocycles. The van der Waals surface area contributed by atoms with Gasteiger partial charge in [0.2, 0.25) is 0 Å². The Labute approximate surface area is 132 Å². The maximum atomic E-state index is 4.59. The number of hydrogen-bond donors (Lipinski definition) is 0. The van der Waals surface area contributed by atoms with E-state index in [4.69, 9.17) is 0 Å². The maximum Gasteiger partial charge on any atom is 0.172 e. The van der Waals surface area contributed by atoms with E-state index in [-0.39, 0.29) is 0 Å². The van der Waals surface area contributed by atoms with Gasteiger partial charge in [-0.05, 0) is 50.5 Å². The zero-order valence-electron chi connectivity index (χ0n) is 13.0. The molecule has 0 aliphatic rings. The van der Waals surface area contributed by atoms with E-state index in [1.54, 1.807) is 11.3 Å². The van der Waals surface area contributed by atoms with Crippen LogP contribution in [-0.2, 0) is 0 Å². The summed E-state index contributed by atoms with van der Waals surface area (Å²) in [4.78, 5) is 6.90. The van der Waals surface area contributed by atoms with Crippen LogP contribution in [0.4, 0.5) is 0 Å². The van der Waals surface area contributed by atoms with Crippen molar-refractivity contribution in [2.75, 3.05) is 0 Å². The molecule has 0 unspecified atom stereocenters. The average molecular weight is 308 g/mol. The molecule has 0 saturated heterocycles. The Morgan fingerprint density at radius 2 is 1.82 bits per heavy atom. The second-order valence-corrected chi connectivity index (χ2v) is 6.93. The molecule has 5 heteroatoms. The molecule has 3 aromatic heterocycles. The van der Waals surface area contributed by atoms with Crippen LogP contribution in [0.15, 0.2) is 24.5 Å². The quantitative estimate of drug-likeness (QED) is 0.528. The Bertz CT molecular complexity index is 1030. The number of aromatic nitrogens is 4. The fraction of sp³-hybridized carbons (Fsp3) is 0.235. The minimum atomic E-state index is 0.843. The number of nitrogens with zero attached hydrogens (tertiary/aromatic N) is 4. The molecule has 22 heavy (non-hydrogen) atoms. The summed E-state index contributed by atoms with van der Waals surface area (Å²) in [6.07, 6.45) is 1.83. The van der Waals surface area contributed by atoms with Crippen LogP contribution in [0.5, 0.6) is 0 Å². The van der Waals surface area contributed by atoms with Crippen LogP contribution in [0.2, 0.25) is 0 Å². The number of hydrogen-bond acceptors (Lipinski definition) is 4. The van der Waals surface area contributed by atoms with Crippen molar-refractivity contribution in [2.24, 2.45) is 0 Å². The van der Waals surface area contributed by atoms with E-state index in [1.165, 1.54) is 21.6 Å². The Balaban J connectivity index is 2.04. The van der Waals surface area contributed by atoms with Crippen LogP contribution in [0, 0.1) is 27.7 Å². The molecule has 0 saturated carbocycles. The summed E-state index contributed by atoms with van der Waals surface area (Å²) in [5, 5.41) is 9.96. The van der Waals surface area contributed by atoms with Crippen molar-refractivity contribution in [1.82, 2.24) is 19.6 Å². The summed E-state index contributed by atoms with van der Waals surface area (Å²) < 4.78 is 1.99. The fourth-order valence-electron chi connectivity index (χ4n) is 2.72. The highest BCUT2D eigenvalue weighted by Crippen LogP contribution is 2.32. The Morgan fingerprint density at radius 1 is 1.00 bits per heavy atom. The third kappa shape index (κ3) is 1.78. The molecule has 0 fully saturated rings. The van der Waals surface area contributed by atoms with Gasteiger partial charge in [-0.25, -0.2) is 4.98 Å². The highest BCUT2D eigenvalue weighted by molar-refractivity contribution is 7.18. The molecule has 1 aromatic carbocycles. The van der Waals surface area contributed by atoms with Crippen molar-refractivity contribution in [3.05, 3.63) is 46.1 Å². The van der Waals surface area contributed by atoms with Gasteiger partial charge in [0, 0.05) is 10.4 Å². The lowest BCUT2D eigenvalue weighted by molar-refractivity contribution is 1.09. The second-order valence-electron chi connectivity index (χ2n) is 5.72. The predicted octanol–water partition coefficient (Wildman–Crippen LogP) is 4.24. The van der Waals surface area contributed by atoms with E-state index in [0.717, 1.165) is 27.3 Å². The average Bonchev–Trinajstić information content (AvgIpc) is 3.04. The van der Waals surface area contributed by atoms with Crippen LogP contribution < -0.4 is 0 Å². The van der Waals surface area contributed by atoms with Gasteiger partial charge in [0.15, 0.2) is 11.5 Å². The lowest BCUT2D eigenvalue weighted by Gasteiger charge is -2.04. The van der Waals surface area contributed by atoms with E-state index in [2.05, 4.69) is 61.1 Å². The maximum absolute atomic E-state index is 4.59. The van der Waals surface area contributed by atoms with Crippen molar-refractivity contribution in [1.29, 1.82) is 0 Å². The van der Waals surface area contributed by atoms with E-state index >= 15 is 0 Å². The first-order valence-electron chi connectivity index (χ1n) is 7.23. The van der Waals surface area contributed by atoms with Crippen molar-refractivity contribution < 1.29 is 0 Å². The number of aryl methyl sites for hydroxylation is 4. The largest absolute Gasteiger partial charge is 0.265 e. The Hall–Kier alpha value is -2.27.